The van der Waals surface area contributed by atoms with Gasteiger partial charge in [-0.2, -0.15) is 0 Å². The molecule has 1 radical (unpaired) electrons. The molecule has 0 aromatic rings. The Kier molecular flexibility index (Phi) is 8.73. The zero-order valence-electron chi connectivity index (χ0n) is 16.2. The molecule has 0 heterocycles. The van der Waals surface area contributed by atoms with E-state index in [1.54, 1.807) is 0 Å². The highest BCUT2D eigenvalue weighted by Gasteiger charge is 2.49. The van der Waals surface area contributed by atoms with E-state index in [2.05, 4.69) is 71.9 Å². The van der Waals surface area contributed by atoms with E-state index in [1.165, 1.54) is 0 Å². The van der Waals surface area contributed by atoms with Crippen LogP contribution in [0.1, 0.15) is 12.8 Å². The van der Waals surface area contributed by atoms with Crippen LogP contribution in [0.15, 0.2) is 12.7 Å². The zero-order valence-corrected chi connectivity index (χ0v) is 20.2. The SMILES string of the molecule is C=C[CH]CCC[Si](O[Si](C)(C)C)(O[Si](C)(C)C)O[Si](C)(C)C. The monoisotopic (exact) mass is 377 g/mol. The maximum absolute atomic E-state index is 6.62. The molecule has 0 fully saturated rings. The maximum atomic E-state index is 6.62. The van der Waals surface area contributed by atoms with Crippen LogP contribution in [0.5, 0.6) is 0 Å². The van der Waals surface area contributed by atoms with Crippen molar-refractivity contribution >= 4 is 33.8 Å². The second kappa shape index (κ2) is 8.55. The van der Waals surface area contributed by atoms with E-state index < -0.39 is 33.8 Å². The van der Waals surface area contributed by atoms with Crippen LogP contribution in [-0.2, 0) is 12.3 Å². The largest absolute Gasteiger partial charge is 0.469 e. The van der Waals surface area contributed by atoms with E-state index in [-0.39, 0.29) is 0 Å². The minimum Gasteiger partial charge on any atom is -0.417 e. The minimum atomic E-state index is -2.62. The third kappa shape index (κ3) is 12.0. The molecule has 0 aliphatic carbocycles. The zero-order chi connectivity index (χ0) is 17.7. The number of allylic oxidation sites excluding steroid dienone is 1. The van der Waals surface area contributed by atoms with Crippen LogP contribution in [0.3, 0.4) is 0 Å². The smallest absolute Gasteiger partial charge is 0.417 e. The molecule has 0 saturated heterocycles. The molecule has 0 atom stereocenters. The molecule has 0 unspecified atom stereocenters. The third-order valence-electron chi connectivity index (χ3n) is 2.41. The van der Waals surface area contributed by atoms with Gasteiger partial charge in [-0.05, 0) is 78.2 Å². The van der Waals surface area contributed by atoms with Crippen molar-refractivity contribution in [2.24, 2.45) is 0 Å². The van der Waals surface area contributed by atoms with E-state index in [1.807, 2.05) is 6.08 Å². The van der Waals surface area contributed by atoms with Crippen LogP contribution in [0.25, 0.3) is 0 Å². The molecule has 3 nitrogen and oxygen atoms in total. The lowest BCUT2D eigenvalue weighted by atomic mass is 10.2. The fourth-order valence-electron chi connectivity index (χ4n) is 2.17. The van der Waals surface area contributed by atoms with Gasteiger partial charge in [0.2, 0.25) is 0 Å². The molecule has 0 amide bonds. The van der Waals surface area contributed by atoms with Crippen LogP contribution in [0.2, 0.25) is 65.0 Å². The van der Waals surface area contributed by atoms with Crippen molar-refractivity contribution in [2.45, 2.75) is 77.8 Å². The van der Waals surface area contributed by atoms with Gasteiger partial charge in [0.05, 0.1) is 0 Å². The van der Waals surface area contributed by atoms with Gasteiger partial charge >= 0.3 is 8.80 Å². The standard InChI is InChI=1S/C15H37O3Si4/c1-11-12-13-14-15-22(16-19(2,3)4,17-20(5,6)7)18-21(8,9)10/h11-12H,1,13-15H2,2-10H3. The summed E-state index contributed by atoms with van der Waals surface area (Å²) >= 11 is 0. The number of rotatable bonds is 11. The highest BCUT2D eigenvalue weighted by atomic mass is 28.5. The summed E-state index contributed by atoms with van der Waals surface area (Å²) < 4.78 is 19.9. The van der Waals surface area contributed by atoms with Crippen LogP contribution >= 0.6 is 0 Å². The molecule has 22 heavy (non-hydrogen) atoms. The van der Waals surface area contributed by atoms with Crippen LogP contribution in [0, 0.1) is 6.42 Å². The minimum absolute atomic E-state index is 0.913. The Bertz CT molecular complexity index is 299. The number of hydrogen-bond acceptors (Lipinski definition) is 3. The topological polar surface area (TPSA) is 27.7 Å². The van der Waals surface area contributed by atoms with E-state index >= 15 is 0 Å². The summed E-state index contributed by atoms with van der Waals surface area (Å²) in [5.74, 6) is 0. The average Bonchev–Trinajstić information content (AvgIpc) is 2.16. The highest BCUT2D eigenvalue weighted by molar-refractivity contribution is 6.90. The Morgan fingerprint density at radius 2 is 1.09 bits per heavy atom. The van der Waals surface area contributed by atoms with E-state index in [0.29, 0.717) is 0 Å². The van der Waals surface area contributed by atoms with Crippen molar-refractivity contribution in [1.82, 2.24) is 0 Å². The lowest BCUT2D eigenvalue weighted by molar-refractivity contribution is 0.250. The van der Waals surface area contributed by atoms with Gasteiger partial charge in [0.25, 0.3) is 0 Å². The van der Waals surface area contributed by atoms with Crippen molar-refractivity contribution in [3.05, 3.63) is 19.1 Å². The Balaban J connectivity index is 5.33. The molecule has 0 bridgehead atoms. The van der Waals surface area contributed by atoms with Crippen molar-refractivity contribution in [3.8, 4) is 0 Å². The molecule has 131 valence electrons. The summed E-state index contributed by atoms with van der Waals surface area (Å²) in [5.41, 5.74) is 0. The molecule has 0 aliphatic rings. The number of unbranched alkanes of at least 4 members (excludes halogenated alkanes) is 2. The summed E-state index contributed by atoms with van der Waals surface area (Å²) in [5, 5.41) is 0. The average molecular weight is 378 g/mol. The molecule has 0 N–H and O–H groups in total. The second-order valence-corrected chi connectivity index (χ2v) is 25.7. The summed E-state index contributed by atoms with van der Waals surface area (Å²) in [4.78, 5) is 0. The van der Waals surface area contributed by atoms with Gasteiger partial charge in [0.15, 0.2) is 25.0 Å². The molecular weight excluding hydrogens is 341 g/mol. The number of hydrogen-bond donors (Lipinski definition) is 0. The second-order valence-electron chi connectivity index (χ2n) is 8.69. The first-order chi connectivity index (χ1) is 9.68. The van der Waals surface area contributed by atoms with E-state index in [4.69, 9.17) is 12.3 Å². The van der Waals surface area contributed by atoms with Crippen molar-refractivity contribution in [2.75, 3.05) is 0 Å². The first-order valence-corrected chi connectivity index (χ1v) is 20.4. The highest BCUT2D eigenvalue weighted by Crippen LogP contribution is 2.30. The van der Waals surface area contributed by atoms with Gasteiger partial charge in [-0.3, -0.25) is 0 Å². The molecule has 0 rings (SSSR count). The van der Waals surface area contributed by atoms with Gasteiger partial charge in [0, 0.05) is 6.04 Å². The van der Waals surface area contributed by atoms with E-state index in [9.17, 15) is 0 Å². The van der Waals surface area contributed by atoms with Crippen molar-refractivity contribution < 1.29 is 12.3 Å². The van der Waals surface area contributed by atoms with Crippen molar-refractivity contribution in [3.63, 3.8) is 0 Å². The van der Waals surface area contributed by atoms with Crippen molar-refractivity contribution in [1.29, 1.82) is 0 Å². The fraction of sp³-hybridized carbons (Fsp3) is 0.800. The Hall–Kier alpha value is 0.488. The van der Waals surface area contributed by atoms with Gasteiger partial charge in [0.1, 0.15) is 0 Å². The summed E-state index contributed by atoms with van der Waals surface area (Å²) in [6.07, 6.45) is 6.02. The Morgan fingerprint density at radius 1 is 0.727 bits per heavy atom. The fourth-order valence-corrected chi connectivity index (χ4v) is 16.9. The van der Waals surface area contributed by atoms with E-state index in [0.717, 1.165) is 18.9 Å². The molecule has 0 spiro atoms. The van der Waals surface area contributed by atoms with Crippen LogP contribution < -0.4 is 0 Å². The predicted octanol–water partition coefficient (Wildman–Crippen LogP) is 5.65. The lowest BCUT2D eigenvalue weighted by Gasteiger charge is -2.43. The maximum Gasteiger partial charge on any atom is 0.469 e. The third-order valence-corrected chi connectivity index (χ3v) is 14.5. The van der Waals surface area contributed by atoms with Gasteiger partial charge in [-0.1, -0.05) is 6.08 Å². The Labute approximate surface area is 143 Å². The van der Waals surface area contributed by atoms with Gasteiger partial charge < -0.3 is 12.3 Å². The normalized spacial score (nSPS) is 14.2. The van der Waals surface area contributed by atoms with Crippen LogP contribution in [-0.4, -0.2) is 33.8 Å². The summed E-state index contributed by atoms with van der Waals surface area (Å²) in [7, 11) is -7.83. The Morgan fingerprint density at radius 3 is 1.36 bits per heavy atom. The molecule has 0 aromatic carbocycles. The summed E-state index contributed by atoms with van der Waals surface area (Å²) in [6, 6.07) is 0.913. The molecule has 0 aromatic heterocycles. The molecule has 0 saturated carbocycles. The molecule has 7 heteroatoms. The van der Waals surface area contributed by atoms with Gasteiger partial charge in [-0.25, -0.2) is 0 Å². The molecule has 0 aliphatic heterocycles. The van der Waals surface area contributed by atoms with Crippen LogP contribution in [0.4, 0.5) is 0 Å². The lowest BCUT2D eigenvalue weighted by Crippen LogP contribution is -2.60. The first kappa shape index (κ1) is 22.5. The summed E-state index contributed by atoms with van der Waals surface area (Å²) in [6.45, 7) is 23.8. The molecular formula is C15H37O3Si4. The predicted molar refractivity (Wildman–Crippen MR) is 108 cm³/mol. The first-order valence-electron chi connectivity index (χ1n) is 8.23. The van der Waals surface area contributed by atoms with Gasteiger partial charge in [-0.15, -0.1) is 6.58 Å². The quantitative estimate of drug-likeness (QED) is 0.344.